The molecule has 1 aromatic rings. The molecule has 5 nitrogen and oxygen atoms in total. The van der Waals surface area contributed by atoms with Crippen LogP contribution in [0.1, 0.15) is 12.5 Å². The lowest BCUT2D eigenvalue weighted by molar-refractivity contribution is -0.124. The van der Waals surface area contributed by atoms with Gasteiger partial charge in [0.1, 0.15) is 0 Å². The topological polar surface area (TPSA) is 84.6 Å². The fourth-order valence-electron chi connectivity index (χ4n) is 1.74. The zero-order chi connectivity index (χ0) is 13.5. The fraction of sp³-hybridized carbons (Fsp3) is 0.462. The molecule has 0 aliphatic carbocycles. The molecule has 0 aromatic heterocycles. The van der Waals surface area contributed by atoms with Gasteiger partial charge in [0.05, 0.1) is 13.0 Å². The number of benzene rings is 1. The Balaban J connectivity index is 2.78. The molecule has 0 fully saturated rings. The van der Waals surface area contributed by atoms with Crippen LogP contribution >= 0.6 is 0 Å². The van der Waals surface area contributed by atoms with Crippen molar-refractivity contribution < 1.29 is 14.6 Å². The number of nitrogens with two attached hydrogens (primary N) is 1. The molecule has 0 aliphatic heterocycles. The van der Waals surface area contributed by atoms with Crippen molar-refractivity contribution in [3.05, 3.63) is 23.8 Å². The maximum Gasteiger partial charge on any atom is 0.224 e. The highest BCUT2D eigenvalue weighted by Gasteiger charge is 2.17. The molecule has 1 amide bonds. The minimum absolute atomic E-state index is 0.0490. The molecule has 0 saturated heterocycles. The van der Waals surface area contributed by atoms with Crippen LogP contribution in [0, 0.1) is 5.92 Å². The fourth-order valence-corrected chi connectivity index (χ4v) is 1.74. The van der Waals surface area contributed by atoms with E-state index in [0.29, 0.717) is 18.7 Å². The first-order chi connectivity index (χ1) is 8.62. The van der Waals surface area contributed by atoms with E-state index < -0.39 is 0 Å². The summed E-state index contributed by atoms with van der Waals surface area (Å²) in [4.78, 5) is 11.7. The quantitative estimate of drug-likeness (QED) is 0.694. The van der Waals surface area contributed by atoms with Crippen LogP contribution in [0.25, 0.3) is 0 Å². The largest absolute Gasteiger partial charge is 0.504 e. The summed E-state index contributed by atoms with van der Waals surface area (Å²) in [7, 11) is 1.49. The van der Waals surface area contributed by atoms with E-state index in [-0.39, 0.29) is 24.1 Å². The third-order valence-electron chi connectivity index (χ3n) is 2.73. The molecule has 1 unspecified atom stereocenters. The molecule has 0 bridgehead atoms. The van der Waals surface area contributed by atoms with Gasteiger partial charge in [-0.15, -0.1) is 0 Å². The Labute approximate surface area is 107 Å². The van der Waals surface area contributed by atoms with E-state index in [9.17, 15) is 9.90 Å². The zero-order valence-corrected chi connectivity index (χ0v) is 10.8. The van der Waals surface area contributed by atoms with Crippen LogP contribution in [0.3, 0.4) is 0 Å². The van der Waals surface area contributed by atoms with E-state index >= 15 is 0 Å². The number of amides is 1. The van der Waals surface area contributed by atoms with Crippen molar-refractivity contribution in [3.63, 3.8) is 0 Å². The van der Waals surface area contributed by atoms with Crippen molar-refractivity contribution >= 4 is 5.91 Å². The van der Waals surface area contributed by atoms with Gasteiger partial charge in [-0.3, -0.25) is 4.79 Å². The Kier molecular flexibility index (Phi) is 5.45. The highest BCUT2D eigenvalue weighted by molar-refractivity contribution is 5.79. The monoisotopic (exact) mass is 252 g/mol. The molecular formula is C13H20N2O3. The van der Waals surface area contributed by atoms with Gasteiger partial charge in [0, 0.05) is 13.1 Å². The summed E-state index contributed by atoms with van der Waals surface area (Å²) in [5.41, 5.74) is 6.52. The average molecular weight is 252 g/mol. The molecule has 0 aliphatic rings. The Morgan fingerprint density at radius 3 is 2.83 bits per heavy atom. The highest BCUT2D eigenvalue weighted by atomic mass is 16.5. The van der Waals surface area contributed by atoms with Gasteiger partial charge in [-0.05, 0) is 31.0 Å². The molecule has 18 heavy (non-hydrogen) atoms. The van der Waals surface area contributed by atoms with Crippen LogP contribution in [-0.4, -0.2) is 31.2 Å². The van der Waals surface area contributed by atoms with Gasteiger partial charge < -0.3 is 20.9 Å². The first-order valence-corrected chi connectivity index (χ1v) is 5.96. The van der Waals surface area contributed by atoms with Crippen molar-refractivity contribution in [2.45, 2.75) is 13.3 Å². The zero-order valence-electron chi connectivity index (χ0n) is 10.8. The Bertz CT molecular complexity index is 407. The van der Waals surface area contributed by atoms with Gasteiger partial charge in [-0.25, -0.2) is 0 Å². The Morgan fingerprint density at radius 2 is 2.28 bits per heavy atom. The number of carbonyl (C=O) groups is 1. The Hall–Kier alpha value is -1.75. The minimum atomic E-state index is -0.265. The molecule has 1 atom stereocenters. The predicted molar refractivity (Wildman–Crippen MR) is 69.6 cm³/mol. The van der Waals surface area contributed by atoms with Gasteiger partial charge in [0.2, 0.25) is 5.91 Å². The molecule has 1 aromatic carbocycles. The Morgan fingerprint density at radius 1 is 1.56 bits per heavy atom. The second-order valence-corrected chi connectivity index (χ2v) is 4.04. The lowest BCUT2D eigenvalue weighted by Crippen LogP contribution is -2.36. The van der Waals surface area contributed by atoms with Gasteiger partial charge in [-0.2, -0.15) is 0 Å². The van der Waals surface area contributed by atoms with E-state index in [0.717, 1.165) is 5.56 Å². The molecular weight excluding hydrogens is 232 g/mol. The average Bonchev–Trinajstić information content (AvgIpc) is 2.37. The molecule has 0 saturated carbocycles. The highest BCUT2D eigenvalue weighted by Crippen LogP contribution is 2.27. The standard InChI is InChI=1S/C13H20N2O3/c1-3-15-13(17)10(8-14)6-9-4-5-11(16)12(7-9)18-2/h4-5,7,10,16H,3,6,8,14H2,1-2H3,(H,15,17). The molecule has 5 heteroatoms. The number of hydrogen-bond acceptors (Lipinski definition) is 4. The molecule has 1 rings (SSSR count). The van der Waals surface area contributed by atoms with Crippen molar-refractivity contribution in [1.82, 2.24) is 5.32 Å². The molecule has 4 N–H and O–H groups in total. The first-order valence-electron chi connectivity index (χ1n) is 5.96. The molecule has 0 heterocycles. The predicted octanol–water partition coefficient (Wildman–Crippen LogP) is 0.654. The second-order valence-electron chi connectivity index (χ2n) is 4.04. The number of nitrogens with one attached hydrogen (secondary N) is 1. The SMILES string of the molecule is CCNC(=O)C(CN)Cc1ccc(O)c(OC)c1. The van der Waals surface area contributed by atoms with E-state index in [1.165, 1.54) is 7.11 Å². The van der Waals surface area contributed by atoms with Crippen LogP contribution in [0.15, 0.2) is 18.2 Å². The van der Waals surface area contributed by atoms with Crippen LogP contribution in [0.4, 0.5) is 0 Å². The van der Waals surface area contributed by atoms with E-state index in [2.05, 4.69) is 5.32 Å². The number of aromatic hydroxyl groups is 1. The van der Waals surface area contributed by atoms with Gasteiger partial charge in [0.15, 0.2) is 11.5 Å². The van der Waals surface area contributed by atoms with Gasteiger partial charge >= 0.3 is 0 Å². The van der Waals surface area contributed by atoms with Crippen molar-refractivity contribution in [2.75, 3.05) is 20.2 Å². The summed E-state index contributed by atoms with van der Waals surface area (Å²) in [5, 5.41) is 12.2. The third-order valence-corrected chi connectivity index (χ3v) is 2.73. The summed E-state index contributed by atoms with van der Waals surface area (Å²) in [6.45, 7) is 2.75. The number of methoxy groups -OCH3 is 1. The van der Waals surface area contributed by atoms with E-state index in [1.807, 2.05) is 6.92 Å². The summed E-state index contributed by atoms with van der Waals surface area (Å²) >= 11 is 0. The third kappa shape index (κ3) is 3.63. The normalized spacial score (nSPS) is 11.9. The van der Waals surface area contributed by atoms with Crippen molar-refractivity contribution in [2.24, 2.45) is 11.7 Å². The summed E-state index contributed by atoms with van der Waals surface area (Å²) in [6, 6.07) is 5.04. The van der Waals surface area contributed by atoms with Crippen LogP contribution < -0.4 is 15.8 Å². The number of ether oxygens (including phenoxy) is 1. The van der Waals surface area contributed by atoms with Crippen molar-refractivity contribution in [1.29, 1.82) is 0 Å². The van der Waals surface area contributed by atoms with Crippen LogP contribution in [0.2, 0.25) is 0 Å². The number of phenolic OH excluding ortho intramolecular Hbond substituents is 1. The smallest absolute Gasteiger partial charge is 0.224 e. The first kappa shape index (κ1) is 14.3. The summed E-state index contributed by atoms with van der Waals surface area (Å²) < 4.78 is 5.03. The van der Waals surface area contributed by atoms with Gasteiger partial charge in [0.25, 0.3) is 0 Å². The lowest BCUT2D eigenvalue weighted by atomic mass is 9.98. The summed E-state index contributed by atoms with van der Waals surface area (Å²) in [5.74, 6) is 0.175. The van der Waals surface area contributed by atoms with Crippen LogP contribution in [-0.2, 0) is 11.2 Å². The number of hydrogen-bond donors (Lipinski definition) is 3. The van der Waals surface area contributed by atoms with Gasteiger partial charge in [-0.1, -0.05) is 6.07 Å². The number of phenols is 1. The molecule has 0 radical (unpaired) electrons. The van der Waals surface area contributed by atoms with Crippen molar-refractivity contribution in [3.8, 4) is 11.5 Å². The second kappa shape index (κ2) is 6.86. The summed E-state index contributed by atoms with van der Waals surface area (Å²) in [6.07, 6.45) is 0.527. The van der Waals surface area contributed by atoms with E-state index in [1.54, 1.807) is 18.2 Å². The maximum atomic E-state index is 11.7. The minimum Gasteiger partial charge on any atom is -0.504 e. The molecule has 0 spiro atoms. The van der Waals surface area contributed by atoms with Crippen LogP contribution in [0.5, 0.6) is 11.5 Å². The van der Waals surface area contributed by atoms with E-state index in [4.69, 9.17) is 10.5 Å². The molecule has 100 valence electrons. The number of carbonyl (C=O) groups excluding carboxylic acids is 1. The lowest BCUT2D eigenvalue weighted by Gasteiger charge is -2.15. The maximum absolute atomic E-state index is 11.7. The number of rotatable bonds is 6.